The summed E-state index contributed by atoms with van der Waals surface area (Å²) in [4.78, 5) is 23.6. The maximum Gasteiger partial charge on any atom is 0.362 e. The van der Waals surface area contributed by atoms with Gasteiger partial charge < -0.3 is 19.7 Å². The molecular formula is C25H28N4O6. The SMILES string of the molecule is CCOC(=O)C(N=Nc1ccc(Cc2ccc(N=NC(C(=O)OCC)=C(C)O)cc2)cc1)=C(C)O. The number of hydrogen-bond acceptors (Lipinski definition) is 10. The van der Waals surface area contributed by atoms with Crippen molar-refractivity contribution in [2.45, 2.75) is 34.1 Å². The van der Waals surface area contributed by atoms with Crippen molar-refractivity contribution < 1.29 is 29.3 Å². The van der Waals surface area contributed by atoms with Gasteiger partial charge in [-0.3, -0.25) is 0 Å². The Kier molecular flexibility index (Phi) is 10.3. The molecule has 0 aliphatic heterocycles. The van der Waals surface area contributed by atoms with Crippen LogP contribution in [0.2, 0.25) is 0 Å². The van der Waals surface area contributed by atoms with E-state index in [0.29, 0.717) is 17.8 Å². The van der Waals surface area contributed by atoms with Gasteiger partial charge in [0.05, 0.1) is 24.6 Å². The first-order valence-electron chi connectivity index (χ1n) is 10.9. The maximum absolute atomic E-state index is 11.8. The number of allylic oxidation sites excluding steroid dienone is 2. The highest BCUT2D eigenvalue weighted by atomic mass is 16.5. The molecule has 0 heterocycles. The first kappa shape index (κ1) is 26.9. The number of esters is 2. The second-order valence-corrected chi connectivity index (χ2v) is 7.22. The van der Waals surface area contributed by atoms with Crippen LogP contribution in [0.4, 0.5) is 11.4 Å². The molecule has 0 atom stereocenters. The summed E-state index contributed by atoms with van der Waals surface area (Å²) in [6.07, 6.45) is 0.641. The maximum atomic E-state index is 11.8. The monoisotopic (exact) mass is 480 g/mol. The fraction of sp³-hybridized carbons (Fsp3) is 0.280. The van der Waals surface area contributed by atoms with Crippen molar-refractivity contribution in [1.82, 2.24) is 0 Å². The number of carbonyl (C=O) groups excluding carboxylic acids is 2. The Morgan fingerprint density at radius 3 is 1.31 bits per heavy atom. The highest BCUT2D eigenvalue weighted by Crippen LogP contribution is 2.21. The molecule has 10 heteroatoms. The normalized spacial score (nSPS) is 12.9. The molecule has 2 aromatic carbocycles. The van der Waals surface area contributed by atoms with Gasteiger partial charge >= 0.3 is 11.9 Å². The van der Waals surface area contributed by atoms with E-state index in [4.69, 9.17) is 9.47 Å². The largest absolute Gasteiger partial charge is 0.510 e. The van der Waals surface area contributed by atoms with Gasteiger partial charge in [0.15, 0.2) is 0 Å². The number of benzene rings is 2. The molecule has 0 aliphatic carbocycles. The van der Waals surface area contributed by atoms with Crippen LogP contribution in [-0.4, -0.2) is 35.4 Å². The lowest BCUT2D eigenvalue weighted by Crippen LogP contribution is -2.07. The zero-order valence-electron chi connectivity index (χ0n) is 20.1. The molecule has 0 bridgehead atoms. The molecule has 0 unspecified atom stereocenters. The number of azo groups is 2. The lowest BCUT2D eigenvalue weighted by atomic mass is 10.0. The first-order valence-corrected chi connectivity index (χ1v) is 10.9. The Morgan fingerprint density at radius 1 is 0.686 bits per heavy atom. The predicted molar refractivity (Wildman–Crippen MR) is 129 cm³/mol. The Balaban J connectivity index is 2.05. The van der Waals surface area contributed by atoms with Gasteiger partial charge in [0, 0.05) is 0 Å². The highest BCUT2D eigenvalue weighted by Gasteiger charge is 2.14. The molecule has 0 saturated carbocycles. The predicted octanol–water partition coefficient (Wildman–Crippen LogP) is 6.15. The average molecular weight is 481 g/mol. The van der Waals surface area contributed by atoms with Gasteiger partial charge in [0.25, 0.3) is 0 Å². The van der Waals surface area contributed by atoms with Gasteiger partial charge in [-0.1, -0.05) is 24.3 Å². The van der Waals surface area contributed by atoms with Crippen LogP contribution in [0.25, 0.3) is 0 Å². The smallest absolute Gasteiger partial charge is 0.362 e. The third-order valence-electron chi connectivity index (χ3n) is 4.43. The van der Waals surface area contributed by atoms with Gasteiger partial charge in [-0.25, -0.2) is 9.59 Å². The molecule has 0 radical (unpaired) electrons. The number of carbonyl (C=O) groups is 2. The molecule has 0 fully saturated rings. The van der Waals surface area contributed by atoms with Gasteiger partial charge in [-0.05, 0) is 69.5 Å². The van der Waals surface area contributed by atoms with Crippen LogP contribution in [0.15, 0.2) is 91.9 Å². The number of rotatable bonds is 10. The number of aliphatic hydroxyl groups is 2. The molecule has 2 N–H and O–H groups in total. The summed E-state index contributed by atoms with van der Waals surface area (Å²) in [5.41, 5.74) is 2.57. The van der Waals surface area contributed by atoms with E-state index in [9.17, 15) is 19.8 Å². The van der Waals surface area contributed by atoms with E-state index in [-0.39, 0.29) is 36.1 Å². The van der Waals surface area contributed by atoms with Crippen molar-refractivity contribution in [1.29, 1.82) is 0 Å². The Hall–Kier alpha value is -4.34. The Bertz CT molecular complexity index is 1050. The Labute approximate surface area is 203 Å². The average Bonchev–Trinajstić information content (AvgIpc) is 2.81. The molecule has 184 valence electrons. The topological polar surface area (TPSA) is 142 Å². The molecule has 10 nitrogen and oxygen atoms in total. The van der Waals surface area contributed by atoms with E-state index in [1.807, 2.05) is 24.3 Å². The molecule has 2 aromatic rings. The summed E-state index contributed by atoms with van der Waals surface area (Å²) in [6.45, 7) is 6.32. The van der Waals surface area contributed by atoms with Crippen LogP contribution < -0.4 is 0 Å². The van der Waals surface area contributed by atoms with Crippen LogP contribution >= 0.6 is 0 Å². The van der Waals surface area contributed by atoms with Crippen molar-refractivity contribution in [3.05, 3.63) is 82.6 Å². The molecule has 35 heavy (non-hydrogen) atoms. The fourth-order valence-electron chi connectivity index (χ4n) is 2.73. The fourth-order valence-corrected chi connectivity index (χ4v) is 2.73. The lowest BCUT2D eigenvalue weighted by Gasteiger charge is -2.04. The summed E-state index contributed by atoms with van der Waals surface area (Å²) in [6, 6.07) is 14.5. The standard InChI is InChI=1S/C25H28N4O6/c1-5-34-24(32)22(16(3)30)28-26-20-11-7-18(8-12-20)15-19-9-13-21(14-10-19)27-29-23(17(4)31)25(33)35-6-2/h7-14,30-31H,5-6,15H2,1-4H3. The second kappa shape index (κ2) is 13.4. The van der Waals surface area contributed by atoms with E-state index >= 15 is 0 Å². The van der Waals surface area contributed by atoms with Gasteiger partial charge in [0.1, 0.15) is 11.5 Å². The minimum Gasteiger partial charge on any atom is -0.510 e. The van der Waals surface area contributed by atoms with Gasteiger partial charge in [0.2, 0.25) is 11.4 Å². The zero-order chi connectivity index (χ0) is 25.8. The van der Waals surface area contributed by atoms with E-state index in [0.717, 1.165) is 11.1 Å². The lowest BCUT2D eigenvalue weighted by molar-refractivity contribution is -0.139. The summed E-state index contributed by atoms with van der Waals surface area (Å²) in [7, 11) is 0. The zero-order valence-corrected chi connectivity index (χ0v) is 20.1. The molecule has 0 aromatic heterocycles. The highest BCUT2D eigenvalue weighted by molar-refractivity contribution is 5.88. The quantitative estimate of drug-likeness (QED) is 0.181. The second-order valence-electron chi connectivity index (χ2n) is 7.22. The van der Waals surface area contributed by atoms with Crippen molar-refractivity contribution in [3.8, 4) is 0 Å². The molecule has 0 amide bonds. The van der Waals surface area contributed by atoms with Crippen molar-refractivity contribution in [2.75, 3.05) is 13.2 Å². The summed E-state index contributed by atoms with van der Waals surface area (Å²) in [5, 5.41) is 34.9. The molecule has 0 saturated heterocycles. The number of aliphatic hydroxyl groups excluding tert-OH is 2. The van der Waals surface area contributed by atoms with Crippen LogP contribution in [0.3, 0.4) is 0 Å². The molecular weight excluding hydrogens is 452 g/mol. The van der Waals surface area contributed by atoms with E-state index in [2.05, 4.69) is 20.5 Å². The van der Waals surface area contributed by atoms with Crippen LogP contribution in [0.1, 0.15) is 38.8 Å². The van der Waals surface area contributed by atoms with Crippen LogP contribution in [0, 0.1) is 0 Å². The third kappa shape index (κ3) is 8.50. The number of nitrogens with zero attached hydrogens (tertiary/aromatic N) is 4. The van der Waals surface area contributed by atoms with Gasteiger partial charge in [-0.15, -0.1) is 10.2 Å². The van der Waals surface area contributed by atoms with Crippen LogP contribution in [-0.2, 0) is 25.5 Å². The minimum atomic E-state index is -0.740. The van der Waals surface area contributed by atoms with E-state index < -0.39 is 11.9 Å². The van der Waals surface area contributed by atoms with Crippen molar-refractivity contribution >= 4 is 23.3 Å². The number of ether oxygens (including phenoxy) is 2. The first-order chi connectivity index (χ1) is 16.7. The van der Waals surface area contributed by atoms with Crippen molar-refractivity contribution in [2.24, 2.45) is 20.5 Å². The molecule has 0 spiro atoms. The molecule has 2 rings (SSSR count). The van der Waals surface area contributed by atoms with Crippen LogP contribution in [0.5, 0.6) is 0 Å². The Morgan fingerprint density at radius 2 is 1.03 bits per heavy atom. The van der Waals surface area contributed by atoms with Gasteiger partial charge in [-0.2, -0.15) is 10.2 Å². The summed E-state index contributed by atoms with van der Waals surface area (Å²) < 4.78 is 9.70. The summed E-state index contributed by atoms with van der Waals surface area (Å²) in [5.74, 6) is -2.02. The van der Waals surface area contributed by atoms with E-state index in [1.165, 1.54) is 13.8 Å². The number of hydrogen-bond donors (Lipinski definition) is 2. The van der Waals surface area contributed by atoms with Crippen molar-refractivity contribution in [3.63, 3.8) is 0 Å². The molecule has 0 aliphatic rings. The van der Waals surface area contributed by atoms with E-state index in [1.54, 1.807) is 38.1 Å². The third-order valence-corrected chi connectivity index (χ3v) is 4.43. The summed E-state index contributed by atoms with van der Waals surface area (Å²) >= 11 is 0. The minimum absolute atomic E-state index is 0.164.